The summed E-state index contributed by atoms with van der Waals surface area (Å²) in [6.07, 6.45) is 7.17. The van der Waals surface area contributed by atoms with Gasteiger partial charge < -0.3 is 4.90 Å². The fraction of sp³-hybridized carbons (Fsp3) is 0.630. The summed E-state index contributed by atoms with van der Waals surface area (Å²) in [4.78, 5) is 5.42. The largest absolute Gasteiger partial charge is 0.357 e. The lowest BCUT2D eigenvalue weighted by Gasteiger charge is -2.47. The van der Waals surface area contributed by atoms with Gasteiger partial charge in [-0.05, 0) is 41.4 Å². The van der Waals surface area contributed by atoms with Gasteiger partial charge in [-0.25, -0.2) is 0 Å². The highest BCUT2D eigenvalue weighted by Gasteiger charge is 2.44. The van der Waals surface area contributed by atoms with Crippen molar-refractivity contribution in [3.63, 3.8) is 0 Å². The van der Waals surface area contributed by atoms with E-state index in [2.05, 4.69) is 124 Å². The third-order valence-electron chi connectivity index (χ3n) is 7.40. The van der Waals surface area contributed by atoms with Crippen LogP contribution in [0.15, 0.2) is 42.0 Å². The summed E-state index contributed by atoms with van der Waals surface area (Å²) in [5.41, 5.74) is 6.23. The number of nitrogens with zero attached hydrogens (tertiary/aromatic N) is 2. The van der Waals surface area contributed by atoms with Crippen LogP contribution in [0.25, 0.3) is 0 Å². The van der Waals surface area contributed by atoms with Gasteiger partial charge in [-0.3, -0.25) is 4.90 Å². The minimum Gasteiger partial charge on any atom is -0.357 e. The van der Waals surface area contributed by atoms with Crippen molar-refractivity contribution in [3.05, 3.63) is 53.1 Å². The summed E-state index contributed by atoms with van der Waals surface area (Å²) >= 11 is 2.58. The number of anilines is 1. The van der Waals surface area contributed by atoms with Crippen molar-refractivity contribution < 1.29 is 0 Å². The Labute approximate surface area is 198 Å². The van der Waals surface area contributed by atoms with E-state index in [0.29, 0.717) is 27.7 Å². The van der Waals surface area contributed by atoms with E-state index in [9.17, 15) is 0 Å². The molecule has 0 radical (unpaired) electrons. The molecule has 1 aromatic carbocycles. The van der Waals surface area contributed by atoms with Gasteiger partial charge >= 0.3 is 0 Å². The molecule has 0 saturated carbocycles. The molecule has 1 saturated heterocycles. The average Bonchev–Trinajstić information content (AvgIpc) is 3.15. The SMILES string of the molecule is CC(C)C1=CC=C[C@@](C)(C(C)C)C1N1CCN(c2c(C(C)C)cccc2C(C)I)C1. The van der Waals surface area contributed by atoms with Gasteiger partial charge in [-0.1, -0.05) is 107 Å². The zero-order chi connectivity index (χ0) is 22.2. The topological polar surface area (TPSA) is 6.48 Å². The van der Waals surface area contributed by atoms with Crippen LogP contribution in [-0.2, 0) is 0 Å². The molecule has 2 nitrogen and oxygen atoms in total. The standard InChI is InChI=1S/C27H41IN2/c1-18(2)22-11-9-12-24(21(7)28)25(22)29-15-16-30(17-29)26-23(19(3)4)13-10-14-27(26,8)20(5)6/h9-14,18-21,26H,15-17H2,1-8H3/t21?,26?,27-/m0/s1. The molecule has 0 spiro atoms. The lowest BCUT2D eigenvalue weighted by Crippen LogP contribution is -2.51. The summed E-state index contributed by atoms with van der Waals surface area (Å²) in [6.45, 7) is 22.2. The molecule has 3 heteroatoms. The normalized spacial score (nSPS) is 26.2. The number of halogens is 1. The van der Waals surface area contributed by atoms with Crippen LogP contribution in [0.5, 0.6) is 0 Å². The second kappa shape index (κ2) is 9.36. The smallest absolute Gasteiger partial charge is 0.0713 e. The van der Waals surface area contributed by atoms with E-state index < -0.39 is 0 Å². The van der Waals surface area contributed by atoms with E-state index in [4.69, 9.17) is 0 Å². The Morgan fingerprint density at radius 3 is 2.20 bits per heavy atom. The number of rotatable bonds is 6. The van der Waals surface area contributed by atoms with Crippen LogP contribution in [0.1, 0.15) is 76.4 Å². The van der Waals surface area contributed by atoms with E-state index >= 15 is 0 Å². The van der Waals surface area contributed by atoms with Crippen LogP contribution in [0.3, 0.4) is 0 Å². The van der Waals surface area contributed by atoms with Gasteiger partial charge in [-0.2, -0.15) is 0 Å². The molecule has 1 heterocycles. The summed E-state index contributed by atoms with van der Waals surface area (Å²) < 4.78 is 0.509. The molecule has 30 heavy (non-hydrogen) atoms. The summed E-state index contributed by atoms with van der Waals surface area (Å²) in [5, 5.41) is 0. The van der Waals surface area contributed by atoms with E-state index in [1.807, 2.05) is 0 Å². The van der Waals surface area contributed by atoms with Crippen molar-refractivity contribution in [2.24, 2.45) is 17.3 Å². The van der Waals surface area contributed by atoms with Gasteiger partial charge in [-0.15, -0.1) is 0 Å². The maximum atomic E-state index is 2.76. The van der Waals surface area contributed by atoms with Crippen LogP contribution in [0.4, 0.5) is 5.69 Å². The highest BCUT2D eigenvalue weighted by Crippen LogP contribution is 2.45. The van der Waals surface area contributed by atoms with Gasteiger partial charge in [0.25, 0.3) is 0 Å². The molecule has 1 fully saturated rings. The van der Waals surface area contributed by atoms with Crippen LogP contribution in [0, 0.1) is 17.3 Å². The molecule has 0 amide bonds. The van der Waals surface area contributed by atoms with E-state index in [0.717, 1.165) is 19.8 Å². The molecule has 3 rings (SSSR count). The van der Waals surface area contributed by atoms with E-state index in [1.165, 1.54) is 16.8 Å². The fourth-order valence-electron chi connectivity index (χ4n) is 5.26. The minimum atomic E-state index is 0.168. The first kappa shape index (κ1) is 23.8. The molecule has 1 aromatic rings. The molecule has 0 N–H and O–H groups in total. The van der Waals surface area contributed by atoms with Gasteiger partial charge in [0.1, 0.15) is 0 Å². The third-order valence-corrected chi connectivity index (χ3v) is 8.07. The first-order valence-electron chi connectivity index (χ1n) is 11.7. The quantitative estimate of drug-likeness (QED) is 0.282. The van der Waals surface area contributed by atoms with Crippen LogP contribution in [0.2, 0.25) is 0 Å². The molecular weight excluding hydrogens is 479 g/mol. The Morgan fingerprint density at radius 1 is 0.967 bits per heavy atom. The van der Waals surface area contributed by atoms with Gasteiger partial charge in [0.05, 0.1) is 6.67 Å². The average molecular weight is 521 g/mol. The molecule has 2 aliphatic rings. The van der Waals surface area contributed by atoms with Crippen molar-refractivity contribution in [2.45, 2.75) is 71.3 Å². The van der Waals surface area contributed by atoms with Crippen molar-refractivity contribution >= 4 is 28.3 Å². The predicted octanol–water partition coefficient (Wildman–Crippen LogP) is 7.57. The Hall–Kier alpha value is -0.810. The Bertz CT molecular complexity index is 779. The third kappa shape index (κ3) is 4.39. The molecular formula is C27H41IN2. The Balaban J connectivity index is 1.98. The summed E-state index contributed by atoms with van der Waals surface area (Å²) in [7, 11) is 0. The molecule has 2 unspecified atom stereocenters. The Morgan fingerprint density at radius 2 is 1.63 bits per heavy atom. The molecule has 0 aromatic heterocycles. The van der Waals surface area contributed by atoms with Gasteiger partial charge in [0.15, 0.2) is 0 Å². The van der Waals surface area contributed by atoms with Crippen molar-refractivity contribution in [2.75, 3.05) is 24.7 Å². The number of allylic oxidation sites excluding steroid dienone is 2. The van der Waals surface area contributed by atoms with Crippen molar-refractivity contribution in [1.29, 1.82) is 0 Å². The second-order valence-corrected chi connectivity index (χ2v) is 12.2. The maximum Gasteiger partial charge on any atom is 0.0713 e. The zero-order valence-corrected chi connectivity index (χ0v) is 22.4. The first-order chi connectivity index (χ1) is 14.1. The van der Waals surface area contributed by atoms with Crippen LogP contribution >= 0.6 is 22.6 Å². The lowest BCUT2D eigenvalue weighted by molar-refractivity contribution is 0.112. The number of alkyl halides is 1. The predicted molar refractivity (Wildman–Crippen MR) is 141 cm³/mol. The first-order valence-corrected chi connectivity index (χ1v) is 13.0. The van der Waals surface area contributed by atoms with Crippen LogP contribution in [-0.4, -0.2) is 30.7 Å². The van der Waals surface area contributed by atoms with Gasteiger partial charge in [0, 0.05) is 34.2 Å². The molecule has 0 bridgehead atoms. The number of hydrogen-bond donors (Lipinski definition) is 0. The van der Waals surface area contributed by atoms with E-state index in [-0.39, 0.29) is 5.41 Å². The van der Waals surface area contributed by atoms with Gasteiger partial charge in [0.2, 0.25) is 0 Å². The lowest BCUT2D eigenvalue weighted by atomic mass is 9.66. The molecule has 1 aliphatic carbocycles. The zero-order valence-electron chi connectivity index (χ0n) is 20.2. The van der Waals surface area contributed by atoms with E-state index in [1.54, 1.807) is 5.57 Å². The highest BCUT2D eigenvalue weighted by atomic mass is 127. The van der Waals surface area contributed by atoms with Crippen LogP contribution < -0.4 is 4.90 Å². The second-order valence-electron chi connectivity index (χ2n) is 10.4. The number of para-hydroxylation sites is 1. The van der Waals surface area contributed by atoms with Crippen molar-refractivity contribution in [3.8, 4) is 0 Å². The molecule has 3 atom stereocenters. The maximum absolute atomic E-state index is 2.76. The number of benzene rings is 1. The number of hydrogen-bond acceptors (Lipinski definition) is 2. The monoisotopic (exact) mass is 520 g/mol. The summed E-state index contributed by atoms with van der Waals surface area (Å²) in [6, 6.07) is 7.39. The minimum absolute atomic E-state index is 0.168. The summed E-state index contributed by atoms with van der Waals surface area (Å²) in [5.74, 6) is 1.71. The highest BCUT2D eigenvalue weighted by molar-refractivity contribution is 14.1. The fourth-order valence-corrected chi connectivity index (χ4v) is 5.77. The Kier molecular flexibility index (Phi) is 7.44. The molecule has 1 aliphatic heterocycles. The molecule has 166 valence electrons. The van der Waals surface area contributed by atoms with Crippen molar-refractivity contribution in [1.82, 2.24) is 4.90 Å².